The maximum Gasteiger partial charge on any atom is 0.243 e. The van der Waals surface area contributed by atoms with E-state index in [9.17, 15) is 17.2 Å². The Bertz CT molecular complexity index is 877. The molecule has 0 bridgehead atoms. The van der Waals surface area contributed by atoms with Crippen molar-refractivity contribution >= 4 is 10.0 Å². The lowest BCUT2D eigenvalue weighted by molar-refractivity contribution is 0.124. The van der Waals surface area contributed by atoms with Gasteiger partial charge in [-0.3, -0.25) is 0 Å². The summed E-state index contributed by atoms with van der Waals surface area (Å²) < 4.78 is 58.7. The Hall–Kier alpha value is -2.13. The fraction of sp³-hybridized carbons (Fsp3) is 0.375. The van der Waals surface area contributed by atoms with Crippen molar-refractivity contribution in [3.05, 3.63) is 47.9 Å². The highest BCUT2D eigenvalue weighted by molar-refractivity contribution is 7.89. The Labute approximate surface area is 144 Å². The summed E-state index contributed by atoms with van der Waals surface area (Å²) in [6.45, 7) is 2.14. The second kappa shape index (κ2) is 7.01. The second-order valence-corrected chi connectivity index (χ2v) is 7.70. The molecule has 1 aliphatic heterocycles. The molecule has 0 radical (unpaired) electrons. The maximum absolute atomic E-state index is 13.4. The van der Waals surface area contributed by atoms with Gasteiger partial charge in [0.2, 0.25) is 15.9 Å². The molecule has 0 saturated carbocycles. The van der Waals surface area contributed by atoms with Gasteiger partial charge in [0.05, 0.1) is 11.4 Å². The first kappa shape index (κ1) is 17.7. The number of aryl methyl sites for hydroxylation is 1. The number of hydrogen-bond acceptors (Lipinski definition) is 5. The number of ether oxygens (including phenoxy) is 1. The predicted molar refractivity (Wildman–Crippen MR) is 85.5 cm³/mol. The van der Waals surface area contributed by atoms with Gasteiger partial charge in [-0.2, -0.15) is 9.29 Å². The highest BCUT2D eigenvalue weighted by Crippen LogP contribution is 2.24. The minimum absolute atomic E-state index is 0.115. The van der Waals surface area contributed by atoms with Crippen LogP contribution >= 0.6 is 0 Å². The number of sulfonamides is 1. The third kappa shape index (κ3) is 3.93. The minimum atomic E-state index is -3.92. The number of rotatable bonds is 4. The molecule has 0 amide bonds. The average molecular weight is 369 g/mol. The van der Waals surface area contributed by atoms with E-state index in [1.165, 1.54) is 4.31 Å². The smallest absolute Gasteiger partial charge is 0.243 e. The monoisotopic (exact) mass is 369 g/mol. The lowest BCUT2D eigenvalue weighted by atomic mass is 10.1. The van der Waals surface area contributed by atoms with E-state index in [0.717, 1.165) is 12.1 Å². The highest BCUT2D eigenvalue weighted by atomic mass is 32.2. The summed E-state index contributed by atoms with van der Waals surface area (Å²) in [7, 11) is -3.92. The van der Waals surface area contributed by atoms with Crippen molar-refractivity contribution in [2.24, 2.45) is 0 Å². The van der Waals surface area contributed by atoms with Gasteiger partial charge >= 0.3 is 0 Å². The molecule has 9 heteroatoms. The van der Waals surface area contributed by atoms with Crippen LogP contribution in [0, 0.1) is 18.6 Å². The van der Waals surface area contributed by atoms with Crippen molar-refractivity contribution in [2.45, 2.75) is 30.8 Å². The first-order valence-electron chi connectivity index (χ1n) is 7.78. The standard InChI is InChI=1S/C16H17F2N3O3S/c1-11-19-7-6-16(20-11)24-12-3-2-8-21(10-12)25(22,23)13-4-5-14(17)15(18)9-13/h4-7,9,12H,2-3,8,10H2,1H3. The first-order valence-corrected chi connectivity index (χ1v) is 9.22. The van der Waals surface area contributed by atoms with Gasteiger partial charge in [0.1, 0.15) is 11.9 Å². The highest BCUT2D eigenvalue weighted by Gasteiger charge is 2.32. The molecule has 3 rings (SSSR count). The molecule has 0 spiro atoms. The molecule has 0 N–H and O–H groups in total. The number of hydrogen-bond donors (Lipinski definition) is 0. The van der Waals surface area contributed by atoms with Crippen molar-refractivity contribution in [2.75, 3.05) is 13.1 Å². The molecule has 1 aromatic carbocycles. The number of nitrogens with zero attached hydrogens (tertiary/aromatic N) is 3. The van der Waals surface area contributed by atoms with Crippen molar-refractivity contribution < 1.29 is 21.9 Å². The molecule has 1 aromatic heterocycles. The zero-order valence-electron chi connectivity index (χ0n) is 13.5. The summed E-state index contributed by atoms with van der Waals surface area (Å²) in [6.07, 6.45) is 2.46. The normalized spacial score (nSPS) is 18.9. The molecule has 0 aliphatic carbocycles. The molecule has 2 heterocycles. The summed E-state index contributed by atoms with van der Waals surface area (Å²) in [4.78, 5) is 7.85. The molecular weight excluding hydrogens is 352 g/mol. The predicted octanol–water partition coefficient (Wildman–Crippen LogP) is 2.30. The van der Waals surface area contributed by atoms with Crippen molar-refractivity contribution in [3.63, 3.8) is 0 Å². The van der Waals surface area contributed by atoms with Crippen LogP contribution in [0.25, 0.3) is 0 Å². The van der Waals surface area contributed by atoms with E-state index in [1.54, 1.807) is 19.2 Å². The molecule has 6 nitrogen and oxygen atoms in total. The van der Waals surface area contributed by atoms with Crippen molar-refractivity contribution in [1.29, 1.82) is 0 Å². The number of piperidine rings is 1. The molecule has 1 atom stereocenters. The zero-order chi connectivity index (χ0) is 18.0. The minimum Gasteiger partial charge on any atom is -0.473 e. The largest absolute Gasteiger partial charge is 0.473 e. The molecule has 1 unspecified atom stereocenters. The van der Waals surface area contributed by atoms with Gasteiger partial charge < -0.3 is 4.74 Å². The number of benzene rings is 1. The molecule has 1 fully saturated rings. The van der Waals surface area contributed by atoms with Crippen molar-refractivity contribution in [1.82, 2.24) is 14.3 Å². The maximum atomic E-state index is 13.4. The van der Waals surface area contributed by atoms with Gasteiger partial charge in [-0.1, -0.05) is 0 Å². The average Bonchev–Trinajstić information content (AvgIpc) is 2.57. The van der Waals surface area contributed by atoms with Gasteiger partial charge in [-0.25, -0.2) is 22.2 Å². The Morgan fingerprint density at radius 2 is 2.04 bits per heavy atom. The van der Waals surface area contributed by atoms with Crippen LogP contribution in [0.2, 0.25) is 0 Å². The third-order valence-electron chi connectivity index (χ3n) is 3.91. The van der Waals surface area contributed by atoms with Crippen LogP contribution in [-0.2, 0) is 10.0 Å². The fourth-order valence-corrected chi connectivity index (χ4v) is 4.20. The SMILES string of the molecule is Cc1nccc(OC2CCCN(S(=O)(=O)c3ccc(F)c(F)c3)C2)n1. The van der Waals surface area contributed by atoms with Crippen LogP contribution in [0.1, 0.15) is 18.7 Å². The Kier molecular flexibility index (Phi) is 4.96. The molecule has 1 aliphatic rings. The van der Waals surface area contributed by atoms with E-state index < -0.39 is 21.7 Å². The quantitative estimate of drug-likeness (QED) is 0.827. The second-order valence-electron chi connectivity index (χ2n) is 5.76. The van der Waals surface area contributed by atoms with Gasteiger partial charge in [0.15, 0.2) is 11.6 Å². The van der Waals surface area contributed by atoms with Crippen LogP contribution in [0.5, 0.6) is 5.88 Å². The van der Waals surface area contributed by atoms with Gasteiger partial charge in [-0.15, -0.1) is 0 Å². The van der Waals surface area contributed by atoms with E-state index >= 15 is 0 Å². The van der Waals surface area contributed by atoms with Crippen LogP contribution in [0.3, 0.4) is 0 Å². The molecule has 25 heavy (non-hydrogen) atoms. The summed E-state index contributed by atoms with van der Waals surface area (Å²) in [5, 5.41) is 0. The van der Waals surface area contributed by atoms with Gasteiger partial charge in [0, 0.05) is 18.8 Å². The Morgan fingerprint density at radius 1 is 1.24 bits per heavy atom. The first-order chi connectivity index (χ1) is 11.9. The number of aromatic nitrogens is 2. The summed E-state index contributed by atoms with van der Waals surface area (Å²) >= 11 is 0. The van der Waals surface area contributed by atoms with Crippen LogP contribution < -0.4 is 4.74 Å². The molecule has 1 saturated heterocycles. The summed E-state index contributed by atoms with van der Waals surface area (Å²) in [5.41, 5.74) is 0. The summed E-state index contributed by atoms with van der Waals surface area (Å²) in [6, 6.07) is 4.18. The fourth-order valence-electron chi connectivity index (χ4n) is 2.68. The van der Waals surface area contributed by atoms with E-state index in [1.807, 2.05) is 0 Å². The van der Waals surface area contributed by atoms with E-state index in [-0.39, 0.29) is 17.5 Å². The number of halogens is 2. The van der Waals surface area contributed by atoms with E-state index in [2.05, 4.69) is 9.97 Å². The van der Waals surface area contributed by atoms with E-state index in [4.69, 9.17) is 4.74 Å². The molecular formula is C16H17F2N3O3S. The topological polar surface area (TPSA) is 72.4 Å². The summed E-state index contributed by atoms with van der Waals surface area (Å²) in [5.74, 6) is -1.34. The Morgan fingerprint density at radius 3 is 2.76 bits per heavy atom. The van der Waals surface area contributed by atoms with Gasteiger partial charge in [-0.05, 0) is 38.0 Å². The van der Waals surface area contributed by atoms with Crippen LogP contribution in [0.4, 0.5) is 8.78 Å². The molecule has 2 aromatic rings. The molecule has 134 valence electrons. The van der Waals surface area contributed by atoms with Gasteiger partial charge in [0.25, 0.3) is 0 Å². The zero-order valence-corrected chi connectivity index (χ0v) is 14.3. The van der Waals surface area contributed by atoms with E-state index in [0.29, 0.717) is 37.2 Å². The third-order valence-corrected chi connectivity index (χ3v) is 5.77. The lowest BCUT2D eigenvalue weighted by Crippen LogP contribution is -2.44. The van der Waals surface area contributed by atoms with Crippen molar-refractivity contribution in [3.8, 4) is 5.88 Å². The van der Waals surface area contributed by atoms with Crippen LogP contribution in [0.15, 0.2) is 35.4 Å². The Balaban J connectivity index is 1.76. The lowest BCUT2D eigenvalue weighted by Gasteiger charge is -2.31. The van der Waals surface area contributed by atoms with Crippen LogP contribution in [-0.4, -0.2) is 41.9 Å².